The molecule has 0 aliphatic heterocycles. The van der Waals surface area contributed by atoms with Crippen molar-refractivity contribution in [3.05, 3.63) is 63.1 Å². The molecule has 2 aromatic carbocycles. The van der Waals surface area contributed by atoms with Crippen molar-refractivity contribution in [2.24, 2.45) is 5.41 Å². The van der Waals surface area contributed by atoms with Crippen LogP contribution in [0.4, 0.5) is 10.5 Å². The van der Waals surface area contributed by atoms with E-state index in [-0.39, 0.29) is 17.4 Å². The van der Waals surface area contributed by atoms with Gasteiger partial charge in [0.2, 0.25) is 0 Å². The zero-order valence-electron chi connectivity index (χ0n) is 15.1. The Hall–Kier alpha value is -1.66. The van der Waals surface area contributed by atoms with E-state index in [0.717, 1.165) is 5.06 Å². The third kappa shape index (κ3) is 5.92. The molecule has 0 bridgehead atoms. The van der Waals surface area contributed by atoms with Crippen molar-refractivity contribution >= 4 is 64.1 Å². The molecule has 0 radical (unpaired) electrons. The summed E-state index contributed by atoms with van der Waals surface area (Å²) in [7, 11) is 0. The van der Waals surface area contributed by atoms with Gasteiger partial charge in [-0.05, 0) is 43.7 Å². The second-order valence-electron chi connectivity index (χ2n) is 6.58. The number of halogens is 4. The highest BCUT2D eigenvalue weighted by molar-refractivity contribution is 6.42. The zero-order valence-corrected chi connectivity index (χ0v) is 18.2. The summed E-state index contributed by atoms with van der Waals surface area (Å²) in [6, 6.07) is 11.5. The van der Waals surface area contributed by atoms with Crippen LogP contribution < -0.4 is 5.32 Å². The van der Waals surface area contributed by atoms with Crippen molar-refractivity contribution in [2.75, 3.05) is 11.2 Å². The van der Waals surface area contributed by atoms with E-state index < -0.39 is 17.4 Å². The van der Waals surface area contributed by atoms with Crippen LogP contribution in [0, 0.1) is 5.41 Å². The second kappa shape index (κ2) is 9.70. The van der Waals surface area contributed by atoms with Crippen molar-refractivity contribution in [3.8, 4) is 0 Å². The summed E-state index contributed by atoms with van der Waals surface area (Å²) in [6.45, 7) is 3.28. The van der Waals surface area contributed by atoms with Crippen LogP contribution in [0.5, 0.6) is 0 Å². The molecule has 0 aromatic heterocycles. The van der Waals surface area contributed by atoms with E-state index in [0.29, 0.717) is 21.3 Å². The van der Waals surface area contributed by atoms with E-state index in [1.165, 1.54) is 12.1 Å². The predicted octanol–water partition coefficient (Wildman–Crippen LogP) is 6.40. The van der Waals surface area contributed by atoms with Gasteiger partial charge in [0.25, 0.3) is 5.91 Å². The number of carbonyl (C=O) groups is 2. The largest absolute Gasteiger partial charge is 0.436 e. The van der Waals surface area contributed by atoms with Crippen LogP contribution in [-0.2, 0) is 16.2 Å². The fraction of sp³-hybridized carbons (Fsp3) is 0.263. The van der Waals surface area contributed by atoms with E-state index in [1.807, 2.05) is 0 Å². The number of nitrogens with zero attached hydrogens (tertiary/aromatic N) is 1. The Kier molecular flexibility index (Phi) is 7.84. The summed E-state index contributed by atoms with van der Waals surface area (Å²) >= 11 is 23.9. The van der Waals surface area contributed by atoms with Crippen LogP contribution in [0.25, 0.3) is 0 Å². The highest BCUT2D eigenvalue weighted by atomic mass is 35.5. The van der Waals surface area contributed by atoms with Crippen LogP contribution >= 0.6 is 46.4 Å². The molecule has 150 valence electrons. The van der Waals surface area contributed by atoms with Gasteiger partial charge in [-0.1, -0.05) is 53.0 Å². The monoisotopic (exact) mass is 462 g/mol. The van der Waals surface area contributed by atoms with Gasteiger partial charge >= 0.3 is 6.09 Å². The fourth-order valence-corrected chi connectivity index (χ4v) is 2.74. The van der Waals surface area contributed by atoms with Gasteiger partial charge in [-0.15, -0.1) is 11.6 Å². The van der Waals surface area contributed by atoms with Gasteiger partial charge in [-0.25, -0.2) is 4.79 Å². The van der Waals surface area contributed by atoms with Crippen molar-refractivity contribution < 1.29 is 14.4 Å². The number of carbonyl (C=O) groups excluding carboxylic acids is 2. The summed E-state index contributed by atoms with van der Waals surface area (Å²) in [5, 5.41) is 4.50. The Morgan fingerprint density at radius 3 is 2.32 bits per heavy atom. The molecule has 0 spiro atoms. The lowest BCUT2D eigenvalue weighted by atomic mass is 9.95. The molecule has 2 rings (SSSR count). The first kappa shape index (κ1) is 22.6. The van der Waals surface area contributed by atoms with Gasteiger partial charge in [0, 0.05) is 16.6 Å². The molecule has 0 aliphatic rings. The summed E-state index contributed by atoms with van der Waals surface area (Å²) in [4.78, 5) is 30.5. The minimum atomic E-state index is -0.952. The molecule has 0 saturated carbocycles. The lowest BCUT2D eigenvalue weighted by Gasteiger charge is -2.29. The van der Waals surface area contributed by atoms with Crippen LogP contribution in [0.3, 0.4) is 0 Å². The number of amides is 2. The number of alkyl halides is 1. The standard InChI is InChI=1S/C19H18Cl4N2O3/c1-19(2,11-20)17(26)25(10-12-5-3-4-6-14(12)21)28-18(27)24-13-7-8-15(22)16(23)9-13/h3-9H,10-11H2,1-2H3,(H,24,27). The molecular formula is C19H18Cl4N2O3. The highest BCUT2D eigenvalue weighted by Gasteiger charge is 2.34. The van der Waals surface area contributed by atoms with Crippen LogP contribution in [0.2, 0.25) is 15.1 Å². The first-order valence-corrected chi connectivity index (χ1v) is 9.86. The Bertz CT molecular complexity index is 874. The van der Waals surface area contributed by atoms with Crippen molar-refractivity contribution in [2.45, 2.75) is 20.4 Å². The number of nitrogens with one attached hydrogen (secondary N) is 1. The van der Waals surface area contributed by atoms with Crippen LogP contribution in [0.15, 0.2) is 42.5 Å². The average molecular weight is 464 g/mol. The lowest BCUT2D eigenvalue weighted by Crippen LogP contribution is -2.43. The fourth-order valence-electron chi connectivity index (χ4n) is 2.14. The van der Waals surface area contributed by atoms with Gasteiger partial charge in [-0.3, -0.25) is 10.1 Å². The molecule has 1 N–H and O–H groups in total. The normalized spacial score (nSPS) is 11.1. The molecule has 0 unspecified atom stereocenters. The third-order valence-corrected chi connectivity index (χ3v) is 5.55. The smallest absolute Gasteiger partial charge is 0.318 e. The maximum atomic E-state index is 12.9. The maximum absolute atomic E-state index is 12.9. The van der Waals surface area contributed by atoms with Crippen molar-refractivity contribution in [3.63, 3.8) is 0 Å². The number of hydroxylamine groups is 2. The minimum Gasteiger partial charge on any atom is -0.318 e. The van der Waals surface area contributed by atoms with E-state index in [1.54, 1.807) is 44.2 Å². The Labute approximate surface area is 183 Å². The van der Waals surface area contributed by atoms with E-state index in [4.69, 9.17) is 51.2 Å². The molecule has 0 aliphatic carbocycles. The lowest BCUT2D eigenvalue weighted by molar-refractivity contribution is -0.176. The number of hydrogen-bond acceptors (Lipinski definition) is 3. The summed E-state index contributed by atoms with van der Waals surface area (Å²) in [5.41, 5.74) is 0.0264. The molecule has 0 atom stereocenters. The molecule has 5 nitrogen and oxygen atoms in total. The van der Waals surface area contributed by atoms with Gasteiger partial charge < -0.3 is 4.84 Å². The maximum Gasteiger partial charge on any atom is 0.436 e. The van der Waals surface area contributed by atoms with Crippen LogP contribution in [0.1, 0.15) is 19.4 Å². The molecule has 28 heavy (non-hydrogen) atoms. The SMILES string of the molecule is CC(C)(CCl)C(=O)N(Cc1ccccc1Cl)OC(=O)Nc1ccc(Cl)c(Cl)c1. The molecule has 9 heteroatoms. The summed E-state index contributed by atoms with van der Waals surface area (Å²) < 4.78 is 0. The molecule has 0 saturated heterocycles. The molecule has 0 fully saturated rings. The van der Waals surface area contributed by atoms with Crippen molar-refractivity contribution in [1.82, 2.24) is 5.06 Å². The van der Waals surface area contributed by atoms with Gasteiger partial charge in [0.05, 0.1) is 22.0 Å². The van der Waals surface area contributed by atoms with Crippen molar-refractivity contribution in [1.29, 1.82) is 0 Å². The van der Waals surface area contributed by atoms with E-state index >= 15 is 0 Å². The van der Waals surface area contributed by atoms with Gasteiger partial charge in [0.15, 0.2) is 0 Å². The Morgan fingerprint density at radius 2 is 1.71 bits per heavy atom. The number of benzene rings is 2. The predicted molar refractivity (Wildman–Crippen MR) is 113 cm³/mol. The average Bonchev–Trinajstić information content (AvgIpc) is 2.65. The summed E-state index contributed by atoms with van der Waals surface area (Å²) in [6.07, 6.45) is -0.871. The zero-order chi connectivity index (χ0) is 20.9. The number of rotatable bonds is 5. The second-order valence-corrected chi connectivity index (χ2v) is 8.07. The Balaban J connectivity index is 2.20. The minimum absolute atomic E-state index is 0.0341. The first-order valence-electron chi connectivity index (χ1n) is 8.19. The van der Waals surface area contributed by atoms with E-state index in [2.05, 4.69) is 5.32 Å². The van der Waals surface area contributed by atoms with E-state index in [9.17, 15) is 9.59 Å². The topological polar surface area (TPSA) is 58.6 Å². The molecule has 2 aromatic rings. The number of hydrogen-bond donors (Lipinski definition) is 1. The molecular weight excluding hydrogens is 446 g/mol. The Morgan fingerprint density at radius 1 is 1.04 bits per heavy atom. The quantitative estimate of drug-likeness (QED) is 0.412. The first-order chi connectivity index (χ1) is 13.1. The third-order valence-electron chi connectivity index (χ3n) is 3.77. The number of anilines is 1. The van der Waals surface area contributed by atoms with Gasteiger partial charge in [0.1, 0.15) is 0 Å². The van der Waals surface area contributed by atoms with Crippen LogP contribution in [-0.4, -0.2) is 22.9 Å². The summed E-state index contributed by atoms with van der Waals surface area (Å²) in [5.74, 6) is -0.422. The molecule has 0 heterocycles. The highest BCUT2D eigenvalue weighted by Crippen LogP contribution is 2.27. The molecule has 2 amide bonds. The van der Waals surface area contributed by atoms with Gasteiger partial charge in [-0.2, -0.15) is 5.06 Å².